The monoisotopic (exact) mass is 314 g/mol. The highest BCUT2D eigenvalue weighted by atomic mass is 16.2. The smallest absolute Gasteiger partial charge is 0.321 e. The van der Waals surface area contributed by atoms with Crippen molar-refractivity contribution in [1.29, 1.82) is 0 Å². The molecular weight excluding hydrogens is 288 g/mol. The third-order valence-electron chi connectivity index (χ3n) is 5.25. The molecule has 0 unspecified atom stereocenters. The Morgan fingerprint density at radius 1 is 0.913 bits per heavy atom. The second-order valence-corrected chi connectivity index (χ2v) is 6.93. The Morgan fingerprint density at radius 3 is 2.17 bits per heavy atom. The zero-order valence-electron chi connectivity index (χ0n) is 13.7. The predicted octanol–water partition coefficient (Wildman–Crippen LogP) is 2.60. The van der Waals surface area contributed by atoms with Crippen LogP contribution in [0, 0.1) is 0 Å². The lowest BCUT2D eigenvalue weighted by atomic mass is 10.2. The van der Waals surface area contributed by atoms with Gasteiger partial charge in [0, 0.05) is 56.7 Å². The predicted molar refractivity (Wildman–Crippen MR) is 93.1 cm³/mol. The number of nitrogens with zero attached hydrogens (tertiary/aromatic N) is 3. The van der Waals surface area contributed by atoms with E-state index in [-0.39, 0.29) is 6.03 Å². The first-order valence-electron chi connectivity index (χ1n) is 8.94. The number of anilines is 2. The summed E-state index contributed by atoms with van der Waals surface area (Å²) in [6.07, 6.45) is 5.25. The minimum absolute atomic E-state index is 0.0365. The van der Waals surface area contributed by atoms with E-state index in [9.17, 15) is 4.79 Å². The van der Waals surface area contributed by atoms with Gasteiger partial charge in [0.2, 0.25) is 0 Å². The maximum Gasteiger partial charge on any atom is 0.321 e. The molecule has 0 aromatic heterocycles. The number of carbonyl (C=O) groups is 1. The number of hydrogen-bond donors (Lipinski definition) is 1. The zero-order valence-corrected chi connectivity index (χ0v) is 13.7. The number of nitrogens with one attached hydrogen (secondary N) is 1. The number of rotatable bonds is 3. The number of hydrogen-bond acceptors (Lipinski definition) is 3. The molecule has 4 rings (SSSR count). The normalized spacial score (nSPS) is 22.4. The Bertz CT molecular complexity index is 541. The molecule has 1 N–H and O–H groups in total. The summed E-state index contributed by atoms with van der Waals surface area (Å²) in [5.41, 5.74) is 2.15. The fourth-order valence-electron chi connectivity index (χ4n) is 3.66. The minimum Gasteiger partial charge on any atom is -0.372 e. The van der Waals surface area contributed by atoms with E-state index in [0.717, 1.165) is 51.0 Å². The van der Waals surface area contributed by atoms with Crippen LogP contribution in [0.15, 0.2) is 24.3 Å². The largest absolute Gasteiger partial charge is 0.372 e. The molecule has 2 saturated heterocycles. The summed E-state index contributed by atoms with van der Waals surface area (Å²) < 4.78 is 0. The molecule has 0 spiro atoms. The molecule has 2 heterocycles. The second kappa shape index (κ2) is 6.40. The van der Waals surface area contributed by atoms with Crippen molar-refractivity contribution in [1.82, 2.24) is 9.80 Å². The number of amides is 2. The van der Waals surface area contributed by atoms with Crippen LogP contribution in [0.4, 0.5) is 16.2 Å². The van der Waals surface area contributed by atoms with Crippen LogP contribution in [0.3, 0.4) is 0 Å². The maximum absolute atomic E-state index is 12.4. The van der Waals surface area contributed by atoms with Crippen LogP contribution < -0.4 is 10.2 Å². The van der Waals surface area contributed by atoms with Gasteiger partial charge in [0.25, 0.3) is 0 Å². The van der Waals surface area contributed by atoms with Gasteiger partial charge in [-0.25, -0.2) is 4.79 Å². The van der Waals surface area contributed by atoms with Crippen molar-refractivity contribution < 1.29 is 4.79 Å². The van der Waals surface area contributed by atoms with Gasteiger partial charge in [-0.1, -0.05) is 0 Å². The SMILES string of the molecule is O=C(Nc1ccc(N2CCCC2)cc1)N1CCN(C2CC2)CC1. The highest BCUT2D eigenvalue weighted by molar-refractivity contribution is 5.89. The summed E-state index contributed by atoms with van der Waals surface area (Å²) in [6, 6.07) is 9.11. The summed E-state index contributed by atoms with van der Waals surface area (Å²) in [5.74, 6) is 0. The van der Waals surface area contributed by atoms with Crippen molar-refractivity contribution in [3.8, 4) is 0 Å². The van der Waals surface area contributed by atoms with Crippen molar-refractivity contribution >= 4 is 17.4 Å². The minimum atomic E-state index is 0.0365. The van der Waals surface area contributed by atoms with Gasteiger partial charge in [-0.05, 0) is 49.9 Å². The fourth-order valence-corrected chi connectivity index (χ4v) is 3.66. The average Bonchev–Trinajstić information content (AvgIpc) is 3.30. The first-order valence-corrected chi connectivity index (χ1v) is 8.94. The van der Waals surface area contributed by atoms with E-state index >= 15 is 0 Å². The Labute approximate surface area is 138 Å². The Morgan fingerprint density at radius 2 is 1.57 bits per heavy atom. The van der Waals surface area contributed by atoms with Crippen molar-refractivity contribution in [2.45, 2.75) is 31.7 Å². The Hall–Kier alpha value is -1.75. The first-order chi connectivity index (χ1) is 11.3. The molecule has 2 aliphatic heterocycles. The molecule has 0 bridgehead atoms. The van der Waals surface area contributed by atoms with Crippen molar-refractivity contribution in [2.24, 2.45) is 0 Å². The molecule has 1 saturated carbocycles. The van der Waals surface area contributed by atoms with Crippen molar-refractivity contribution in [2.75, 3.05) is 49.5 Å². The fraction of sp³-hybridized carbons (Fsp3) is 0.611. The third kappa shape index (κ3) is 3.44. The molecule has 23 heavy (non-hydrogen) atoms. The molecule has 0 radical (unpaired) electrons. The molecule has 1 aliphatic carbocycles. The van der Waals surface area contributed by atoms with E-state index in [1.165, 1.54) is 31.4 Å². The third-order valence-corrected chi connectivity index (χ3v) is 5.25. The molecule has 3 aliphatic rings. The van der Waals surface area contributed by atoms with Gasteiger partial charge in [-0.3, -0.25) is 4.90 Å². The molecule has 1 aromatic carbocycles. The van der Waals surface area contributed by atoms with Gasteiger partial charge in [0.15, 0.2) is 0 Å². The zero-order chi connectivity index (χ0) is 15.6. The van der Waals surface area contributed by atoms with Crippen LogP contribution >= 0.6 is 0 Å². The lowest BCUT2D eigenvalue weighted by Gasteiger charge is -2.34. The highest BCUT2D eigenvalue weighted by Crippen LogP contribution is 2.27. The van der Waals surface area contributed by atoms with Gasteiger partial charge in [-0.15, -0.1) is 0 Å². The molecule has 5 heteroatoms. The number of urea groups is 1. The average molecular weight is 314 g/mol. The summed E-state index contributed by atoms with van der Waals surface area (Å²) in [5, 5.41) is 3.04. The van der Waals surface area contributed by atoms with Gasteiger partial charge in [-0.2, -0.15) is 0 Å². The number of carbonyl (C=O) groups excluding carboxylic acids is 1. The maximum atomic E-state index is 12.4. The van der Waals surface area contributed by atoms with Gasteiger partial charge < -0.3 is 15.1 Å². The van der Waals surface area contributed by atoms with E-state index in [1.807, 2.05) is 17.0 Å². The first kappa shape index (κ1) is 14.8. The van der Waals surface area contributed by atoms with Crippen LogP contribution in [-0.4, -0.2) is 61.1 Å². The van der Waals surface area contributed by atoms with Crippen molar-refractivity contribution in [3.63, 3.8) is 0 Å². The van der Waals surface area contributed by atoms with E-state index in [0.29, 0.717) is 0 Å². The van der Waals surface area contributed by atoms with Crippen LogP contribution in [0.5, 0.6) is 0 Å². The standard InChI is InChI=1S/C18H26N4O/c23-18(22-13-11-21(12-14-22)17-7-8-17)19-15-3-5-16(6-4-15)20-9-1-2-10-20/h3-6,17H,1-2,7-14H2,(H,19,23). The lowest BCUT2D eigenvalue weighted by Crippen LogP contribution is -2.50. The van der Waals surface area contributed by atoms with Gasteiger partial charge in [0.05, 0.1) is 0 Å². The van der Waals surface area contributed by atoms with Crippen molar-refractivity contribution in [3.05, 3.63) is 24.3 Å². The molecule has 1 aromatic rings. The van der Waals surface area contributed by atoms with Gasteiger partial charge in [0.1, 0.15) is 0 Å². The molecular formula is C18H26N4O. The van der Waals surface area contributed by atoms with Crippen LogP contribution in [0.2, 0.25) is 0 Å². The quantitative estimate of drug-likeness (QED) is 0.932. The summed E-state index contributed by atoms with van der Waals surface area (Å²) >= 11 is 0. The van der Waals surface area contributed by atoms with E-state index in [4.69, 9.17) is 0 Å². The Balaban J connectivity index is 1.29. The molecule has 3 fully saturated rings. The molecule has 2 amide bonds. The molecule has 5 nitrogen and oxygen atoms in total. The topological polar surface area (TPSA) is 38.8 Å². The second-order valence-electron chi connectivity index (χ2n) is 6.93. The van der Waals surface area contributed by atoms with Crippen LogP contribution in [0.1, 0.15) is 25.7 Å². The van der Waals surface area contributed by atoms with E-state index in [1.54, 1.807) is 0 Å². The Kier molecular flexibility index (Phi) is 4.12. The van der Waals surface area contributed by atoms with Crippen LogP contribution in [-0.2, 0) is 0 Å². The van der Waals surface area contributed by atoms with E-state index in [2.05, 4.69) is 27.2 Å². The van der Waals surface area contributed by atoms with Crippen LogP contribution in [0.25, 0.3) is 0 Å². The molecule has 0 atom stereocenters. The lowest BCUT2D eigenvalue weighted by molar-refractivity contribution is 0.142. The summed E-state index contributed by atoms with van der Waals surface area (Å²) in [7, 11) is 0. The number of benzene rings is 1. The highest BCUT2D eigenvalue weighted by Gasteiger charge is 2.32. The summed E-state index contributed by atoms with van der Waals surface area (Å²) in [4.78, 5) is 19.3. The van der Waals surface area contributed by atoms with Gasteiger partial charge >= 0.3 is 6.03 Å². The van der Waals surface area contributed by atoms with E-state index < -0.39 is 0 Å². The molecule has 124 valence electrons. The summed E-state index contributed by atoms with van der Waals surface area (Å²) in [6.45, 7) is 6.02. The number of piperazine rings is 1.